The number of benzene rings is 1. The molecule has 0 atom stereocenters. The van der Waals surface area contributed by atoms with E-state index in [1.807, 2.05) is 0 Å². The van der Waals surface area contributed by atoms with Crippen LogP contribution < -0.4 is 11.1 Å². The van der Waals surface area contributed by atoms with Crippen LogP contribution in [0.1, 0.15) is 11.1 Å². The van der Waals surface area contributed by atoms with Crippen molar-refractivity contribution >= 4 is 0 Å². The lowest BCUT2D eigenvalue weighted by Crippen LogP contribution is -2.54. The fourth-order valence-electron chi connectivity index (χ4n) is 1.98. The first kappa shape index (κ1) is 11.6. The lowest BCUT2D eigenvalue weighted by molar-refractivity contribution is -0.105. The number of nitrogens with one attached hydrogen (secondary N) is 1. The Hall–Kier alpha value is -0.900. The Morgan fingerprint density at radius 2 is 2.25 bits per heavy atom. The van der Waals surface area contributed by atoms with Crippen molar-refractivity contribution in [3.63, 3.8) is 0 Å². The van der Waals surface area contributed by atoms with Crippen LogP contribution in [0.4, 0.5) is 0 Å². The fraction of sp³-hybridized carbons (Fsp3) is 0.538. The summed E-state index contributed by atoms with van der Waals surface area (Å²) in [6.07, 6.45) is 0. The van der Waals surface area contributed by atoms with Crippen LogP contribution in [0.2, 0.25) is 0 Å². The molecule has 3 nitrogen and oxygen atoms in total. The minimum atomic E-state index is 0.184. The van der Waals surface area contributed by atoms with Gasteiger partial charge in [0.05, 0.1) is 13.2 Å². The summed E-state index contributed by atoms with van der Waals surface area (Å²) in [5, 5.41) is 3.46. The number of hydrogen-bond acceptors (Lipinski definition) is 3. The molecule has 0 amide bonds. The lowest BCUT2D eigenvalue weighted by Gasteiger charge is -2.40. The highest BCUT2D eigenvalue weighted by Crippen LogP contribution is 2.24. The van der Waals surface area contributed by atoms with Crippen molar-refractivity contribution in [2.24, 2.45) is 11.1 Å². The SMILES string of the molecule is Cc1cccc(CNCC2(CN)COC2)c1. The van der Waals surface area contributed by atoms with Gasteiger partial charge in [-0.2, -0.15) is 0 Å². The number of nitrogens with two attached hydrogens (primary N) is 1. The molecule has 1 aliphatic heterocycles. The van der Waals surface area contributed by atoms with Crippen LogP contribution in [-0.4, -0.2) is 26.3 Å². The monoisotopic (exact) mass is 220 g/mol. The van der Waals surface area contributed by atoms with Crippen LogP contribution >= 0.6 is 0 Å². The summed E-state index contributed by atoms with van der Waals surface area (Å²) in [4.78, 5) is 0. The molecule has 0 radical (unpaired) electrons. The third-order valence-corrected chi connectivity index (χ3v) is 3.16. The summed E-state index contributed by atoms with van der Waals surface area (Å²) in [5.41, 5.74) is 8.57. The van der Waals surface area contributed by atoms with Gasteiger partial charge in [-0.15, -0.1) is 0 Å². The molecule has 1 aromatic rings. The maximum absolute atomic E-state index is 5.75. The molecule has 1 heterocycles. The summed E-state index contributed by atoms with van der Waals surface area (Å²) < 4.78 is 5.23. The van der Waals surface area contributed by atoms with Crippen LogP contribution in [0, 0.1) is 12.3 Å². The Balaban J connectivity index is 1.79. The molecular weight excluding hydrogens is 200 g/mol. The summed E-state index contributed by atoms with van der Waals surface area (Å²) >= 11 is 0. The van der Waals surface area contributed by atoms with Crippen LogP contribution in [0.3, 0.4) is 0 Å². The van der Waals surface area contributed by atoms with E-state index in [9.17, 15) is 0 Å². The number of hydrogen-bond donors (Lipinski definition) is 2. The van der Waals surface area contributed by atoms with Gasteiger partial charge in [-0.1, -0.05) is 29.8 Å². The van der Waals surface area contributed by atoms with Gasteiger partial charge in [-0.25, -0.2) is 0 Å². The van der Waals surface area contributed by atoms with Gasteiger partial charge in [0.2, 0.25) is 0 Å². The zero-order valence-electron chi connectivity index (χ0n) is 9.83. The Labute approximate surface area is 97.0 Å². The second-order valence-corrected chi connectivity index (χ2v) is 4.79. The van der Waals surface area contributed by atoms with Crippen LogP contribution in [0.25, 0.3) is 0 Å². The van der Waals surface area contributed by atoms with Gasteiger partial charge < -0.3 is 15.8 Å². The standard InChI is InChI=1S/C13H20N2O/c1-11-3-2-4-12(5-11)6-15-8-13(7-14)9-16-10-13/h2-5,15H,6-10,14H2,1H3. The molecule has 0 aliphatic carbocycles. The first-order chi connectivity index (χ1) is 7.74. The molecule has 1 fully saturated rings. The molecule has 3 heteroatoms. The summed E-state index contributed by atoms with van der Waals surface area (Å²) in [5.74, 6) is 0. The highest BCUT2D eigenvalue weighted by atomic mass is 16.5. The van der Waals surface area contributed by atoms with Crippen molar-refractivity contribution in [1.82, 2.24) is 5.32 Å². The highest BCUT2D eigenvalue weighted by molar-refractivity contribution is 5.21. The van der Waals surface area contributed by atoms with Crippen molar-refractivity contribution in [3.05, 3.63) is 35.4 Å². The topological polar surface area (TPSA) is 47.3 Å². The van der Waals surface area contributed by atoms with Gasteiger partial charge in [-0.05, 0) is 12.5 Å². The number of aryl methyl sites for hydroxylation is 1. The molecule has 1 aliphatic rings. The predicted molar refractivity (Wildman–Crippen MR) is 65.2 cm³/mol. The zero-order chi connectivity index (χ0) is 11.4. The third-order valence-electron chi connectivity index (χ3n) is 3.16. The van der Waals surface area contributed by atoms with Crippen molar-refractivity contribution in [2.75, 3.05) is 26.3 Å². The maximum atomic E-state index is 5.75. The Kier molecular flexibility index (Phi) is 3.59. The molecule has 0 saturated carbocycles. The summed E-state index contributed by atoms with van der Waals surface area (Å²) in [6.45, 7) is 6.26. The van der Waals surface area contributed by atoms with E-state index in [0.29, 0.717) is 6.54 Å². The molecule has 0 unspecified atom stereocenters. The zero-order valence-corrected chi connectivity index (χ0v) is 9.83. The molecular formula is C13H20N2O. The molecule has 16 heavy (non-hydrogen) atoms. The molecule has 1 aromatic carbocycles. The van der Waals surface area contributed by atoms with E-state index < -0.39 is 0 Å². The van der Waals surface area contributed by atoms with Gasteiger partial charge in [0.25, 0.3) is 0 Å². The van der Waals surface area contributed by atoms with E-state index >= 15 is 0 Å². The number of rotatable bonds is 5. The maximum Gasteiger partial charge on any atom is 0.0569 e. The molecule has 0 bridgehead atoms. The second-order valence-electron chi connectivity index (χ2n) is 4.79. The number of ether oxygens (including phenoxy) is 1. The fourth-order valence-corrected chi connectivity index (χ4v) is 1.98. The smallest absolute Gasteiger partial charge is 0.0569 e. The molecule has 0 aromatic heterocycles. The van der Waals surface area contributed by atoms with E-state index in [1.54, 1.807) is 0 Å². The van der Waals surface area contributed by atoms with Crippen LogP contribution in [0.5, 0.6) is 0 Å². The van der Waals surface area contributed by atoms with Crippen LogP contribution in [-0.2, 0) is 11.3 Å². The van der Waals surface area contributed by atoms with E-state index in [4.69, 9.17) is 10.5 Å². The minimum absolute atomic E-state index is 0.184. The summed E-state index contributed by atoms with van der Waals surface area (Å²) in [7, 11) is 0. The molecule has 0 spiro atoms. The summed E-state index contributed by atoms with van der Waals surface area (Å²) in [6, 6.07) is 8.56. The van der Waals surface area contributed by atoms with E-state index in [2.05, 4.69) is 36.5 Å². The van der Waals surface area contributed by atoms with Crippen molar-refractivity contribution in [1.29, 1.82) is 0 Å². The van der Waals surface area contributed by atoms with E-state index in [1.165, 1.54) is 11.1 Å². The van der Waals surface area contributed by atoms with Gasteiger partial charge >= 0.3 is 0 Å². The average molecular weight is 220 g/mol. The van der Waals surface area contributed by atoms with E-state index in [-0.39, 0.29) is 5.41 Å². The highest BCUT2D eigenvalue weighted by Gasteiger charge is 2.36. The van der Waals surface area contributed by atoms with Gasteiger partial charge in [0, 0.05) is 25.0 Å². The first-order valence-corrected chi connectivity index (χ1v) is 5.78. The van der Waals surface area contributed by atoms with Crippen molar-refractivity contribution in [3.8, 4) is 0 Å². The largest absolute Gasteiger partial charge is 0.380 e. The van der Waals surface area contributed by atoms with Gasteiger partial charge in [-0.3, -0.25) is 0 Å². The van der Waals surface area contributed by atoms with Crippen molar-refractivity contribution in [2.45, 2.75) is 13.5 Å². The second kappa shape index (κ2) is 4.95. The van der Waals surface area contributed by atoms with E-state index in [0.717, 1.165) is 26.3 Å². The Bertz CT molecular complexity index is 342. The Morgan fingerprint density at radius 3 is 2.81 bits per heavy atom. The first-order valence-electron chi connectivity index (χ1n) is 5.78. The van der Waals surface area contributed by atoms with Gasteiger partial charge in [0.1, 0.15) is 0 Å². The molecule has 88 valence electrons. The average Bonchev–Trinajstić information content (AvgIpc) is 2.22. The minimum Gasteiger partial charge on any atom is -0.380 e. The quantitative estimate of drug-likeness (QED) is 0.780. The van der Waals surface area contributed by atoms with Crippen LogP contribution in [0.15, 0.2) is 24.3 Å². The normalized spacial score (nSPS) is 18.1. The molecule has 1 saturated heterocycles. The molecule has 2 rings (SSSR count). The molecule has 3 N–H and O–H groups in total. The Morgan fingerprint density at radius 1 is 1.44 bits per heavy atom. The predicted octanol–water partition coefficient (Wildman–Crippen LogP) is 1.06. The van der Waals surface area contributed by atoms with Crippen molar-refractivity contribution < 1.29 is 4.74 Å². The third kappa shape index (κ3) is 2.61. The van der Waals surface area contributed by atoms with Gasteiger partial charge in [0.15, 0.2) is 0 Å². The lowest BCUT2D eigenvalue weighted by atomic mass is 9.86.